The molecule has 0 aliphatic rings. The highest BCUT2D eigenvalue weighted by Crippen LogP contribution is 2.26. The Balaban J connectivity index is 2.14. The Morgan fingerprint density at radius 2 is 2.00 bits per heavy atom. The lowest BCUT2D eigenvalue weighted by molar-refractivity contribution is 0.625. The van der Waals surface area contributed by atoms with Crippen molar-refractivity contribution in [2.24, 2.45) is 0 Å². The van der Waals surface area contributed by atoms with E-state index in [0.717, 1.165) is 15.7 Å². The summed E-state index contributed by atoms with van der Waals surface area (Å²) in [5, 5.41) is 3.33. The average Bonchev–Trinajstić information content (AvgIpc) is 2.40. The maximum atomic E-state index is 13.2. The molecule has 2 aromatic carbocycles. The van der Waals surface area contributed by atoms with Crippen molar-refractivity contribution in [3.8, 4) is 0 Å². The molecule has 0 aromatic heterocycles. The van der Waals surface area contributed by atoms with Crippen molar-refractivity contribution in [2.45, 2.75) is 11.4 Å². The summed E-state index contributed by atoms with van der Waals surface area (Å²) >= 11 is 5.12. The van der Waals surface area contributed by atoms with Crippen LogP contribution in [-0.4, -0.2) is 6.26 Å². The average molecular weight is 326 g/mol. The molecule has 0 radical (unpaired) electrons. The van der Waals surface area contributed by atoms with Gasteiger partial charge in [0, 0.05) is 21.6 Å². The van der Waals surface area contributed by atoms with Crippen LogP contribution >= 0.6 is 27.7 Å². The first-order valence-corrected chi connectivity index (χ1v) is 7.53. The second kappa shape index (κ2) is 6.25. The highest BCUT2D eigenvalue weighted by molar-refractivity contribution is 9.10. The molecule has 0 heterocycles. The molecule has 0 unspecified atom stereocenters. The van der Waals surface area contributed by atoms with Gasteiger partial charge in [-0.05, 0) is 42.2 Å². The molecule has 4 heteroatoms. The molecule has 0 saturated heterocycles. The van der Waals surface area contributed by atoms with Gasteiger partial charge in [0.1, 0.15) is 5.82 Å². The zero-order valence-corrected chi connectivity index (χ0v) is 12.3. The van der Waals surface area contributed by atoms with Crippen LogP contribution in [0.15, 0.2) is 51.8 Å². The highest BCUT2D eigenvalue weighted by atomic mass is 79.9. The first kappa shape index (κ1) is 13.4. The van der Waals surface area contributed by atoms with Crippen molar-refractivity contribution < 1.29 is 4.39 Å². The maximum absolute atomic E-state index is 13.2. The number of rotatable bonds is 4. The molecule has 2 rings (SSSR count). The van der Waals surface area contributed by atoms with Gasteiger partial charge >= 0.3 is 0 Å². The Bertz CT molecular complexity index is 545. The fourth-order valence-electron chi connectivity index (χ4n) is 1.66. The van der Waals surface area contributed by atoms with Crippen molar-refractivity contribution in [1.82, 2.24) is 0 Å². The molecular weight excluding hydrogens is 313 g/mol. The molecule has 18 heavy (non-hydrogen) atoms. The minimum Gasteiger partial charge on any atom is -0.380 e. The van der Waals surface area contributed by atoms with Crippen molar-refractivity contribution in [1.29, 1.82) is 0 Å². The van der Waals surface area contributed by atoms with E-state index < -0.39 is 0 Å². The lowest BCUT2D eigenvalue weighted by Gasteiger charge is -2.11. The molecule has 0 saturated carbocycles. The Labute approximate surface area is 119 Å². The summed E-state index contributed by atoms with van der Waals surface area (Å²) in [5.41, 5.74) is 1.98. The van der Waals surface area contributed by atoms with Gasteiger partial charge in [-0.2, -0.15) is 0 Å². The van der Waals surface area contributed by atoms with E-state index in [9.17, 15) is 4.39 Å². The van der Waals surface area contributed by atoms with Gasteiger partial charge in [-0.1, -0.05) is 28.1 Å². The molecule has 1 nitrogen and oxygen atoms in total. The van der Waals surface area contributed by atoms with Crippen molar-refractivity contribution in [3.63, 3.8) is 0 Å². The minimum absolute atomic E-state index is 0.215. The summed E-state index contributed by atoms with van der Waals surface area (Å²) in [6, 6.07) is 12.8. The second-order valence-electron chi connectivity index (χ2n) is 3.79. The third-order valence-electron chi connectivity index (χ3n) is 2.58. The lowest BCUT2D eigenvalue weighted by atomic mass is 10.2. The van der Waals surface area contributed by atoms with E-state index in [1.807, 2.05) is 24.5 Å². The van der Waals surface area contributed by atoms with Gasteiger partial charge in [-0.25, -0.2) is 4.39 Å². The van der Waals surface area contributed by atoms with Gasteiger partial charge in [0.25, 0.3) is 0 Å². The van der Waals surface area contributed by atoms with Gasteiger partial charge in [0.2, 0.25) is 0 Å². The Kier molecular flexibility index (Phi) is 4.66. The molecular formula is C14H13BrFNS. The number of hydrogen-bond acceptors (Lipinski definition) is 2. The first-order valence-electron chi connectivity index (χ1n) is 5.51. The fraction of sp³-hybridized carbons (Fsp3) is 0.143. The molecule has 0 spiro atoms. The number of benzene rings is 2. The van der Waals surface area contributed by atoms with Crippen LogP contribution in [0.3, 0.4) is 0 Å². The number of hydrogen-bond donors (Lipinski definition) is 1. The van der Waals surface area contributed by atoms with Crippen molar-refractivity contribution in [2.75, 3.05) is 11.6 Å². The number of thioether (sulfide) groups is 1. The molecule has 2 aromatic rings. The third kappa shape index (κ3) is 3.27. The van der Waals surface area contributed by atoms with Crippen LogP contribution < -0.4 is 5.32 Å². The van der Waals surface area contributed by atoms with Crippen LogP contribution in [0.5, 0.6) is 0 Å². The number of nitrogens with one attached hydrogen (secondary N) is 1. The predicted octanol–water partition coefficient (Wildman–Crippen LogP) is 4.92. The number of halogens is 2. The van der Waals surface area contributed by atoms with E-state index in [1.165, 1.54) is 11.0 Å². The Hall–Kier alpha value is -1.00. The largest absolute Gasteiger partial charge is 0.380 e. The van der Waals surface area contributed by atoms with Crippen LogP contribution in [0.2, 0.25) is 0 Å². The summed E-state index contributed by atoms with van der Waals surface area (Å²) in [6.07, 6.45) is 2.04. The number of anilines is 1. The molecule has 0 fully saturated rings. The molecule has 0 amide bonds. The molecule has 94 valence electrons. The van der Waals surface area contributed by atoms with Crippen LogP contribution in [0, 0.1) is 5.82 Å². The summed E-state index contributed by atoms with van der Waals surface area (Å²) in [6.45, 7) is 0.593. The zero-order valence-electron chi connectivity index (χ0n) is 9.91. The van der Waals surface area contributed by atoms with Gasteiger partial charge in [0.05, 0.1) is 0 Å². The summed E-state index contributed by atoms with van der Waals surface area (Å²) in [4.78, 5) is 1.19. The van der Waals surface area contributed by atoms with E-state index in [0.29, 0.717) is 6.54 Å². The molecule has 0 bridgehead atoms. The Morgan fingerprint density at radius 1 is 1.22 bits per heavy atom. The molecule has 1 N–H and O–H groups in total. The predicted molar refractivity (Wildman–Crippen MR) is 79.6 cm³/mol. The van der Waals surface area contributed by atoms with E-state index in [-0.39, 0.29) is 5.82 Å². The third-order valence-corrected chi connectivity index (χ3v) is 4.15. The summed E-state index contributed by atoms with van der Waals surface area (Å²) in [5.74, 6) is -0.215. The standard InChI is InChI=1S/C14H13BrFNS/c1-18-14-5-3-2-4-13(14)17-9-10-8-11(16)6-7-12(10)15/h2-8,17H,9H2,1H3. The van der Waals surface area contributed by atoms with Crippen molar-refractivity contribution in [3.05, 3.63) is 58.3 Å². The summed E-state index contributed by atoms with van der Waals surface area (Å²) < 4.78 is 14.1. The maximum Gasteiger partial charge on any atom is 0.123 e. The topological polar surface area (TPSA) is 12.0 Å². The second-order valence-corrected chi connectivity index (χ2v) is 5.49. The quantitative estimate of drug-likeness (QED) is 0.800. The summed E-state index contributed by atoms with van der Waals surface area (Å²) in [7, 11) is 0. The fourth-order valence-corrected chi connectivity index (χ4v) is 2.62. The van der Waals surface area contributed by atoms with Gasteiger partial charge in [-0.3, -0.25) is 0 Å². The SMILES string of the molecule is CSc1ccccc1NCc1cc(F)ccc1Br. The Morgan fingerprint density at radius 3 is 2.78 bits per heavy atom. The molecule has 0 aliphatic carbocycles. The molecule has 0 atom stereocenters. The van der Waals surface area contributed by atoms with E-state index in [1.54, 1.807) is 23.9 Å². The van der Waals surface area contributed by atoms with Crippen LogP contribution in [0.1, 0.15) is 5.56 Å². The lowest BCUT2D eigenvalue weighted by Crippen LogP contribution is -2.01. The van der Waals surface area contributed by atoms with Gasteiger partial charge < -0.3 is 5.32 Å². The highest BCUT2D eigenvalue weighted by Gasteiger charge is 2.04. The molecule has 0 aliphatic heterocycles. The van der Waals surface area contributed by atoms with E-state index in [2.05, 4.69) is 27.3 Å². The van der Waals surface area contributed by atoms with Crippen LogP contribution in [-0.2, 0) is 6.54 Å². The van der Waals surface area contributed by atoms with Gasteiger partial charge in [-0.15, -0.1) is 11.8 Å². The minimum atomic E-state index is -0.215. The normalized spacial score (nSPS) is 10.4. The smallest absolute Gasteiger partial charge is 0.123 e. The zero-order chi connectivity index (χ0) is 13.0. The monoisotopic (exact) mass is 325 g/mol. The van der Waals surface area contributed by atoms with Crippen molar-refractivity contribution >= 4 is 33.4 Å². The van der Waals surface area contributed by atoms with Gasteiger partial charge in [0.15, 0.2) is 0 Å². The first-order chi connectivity index (χ1) is 8.70. The van der Waals surface area contributed by atoms with E-state index in [4.69, 9.17) is 0 Å². The number of para-hydroxylation sites is 1. The van der Waals surface area contributed by atoms with Crippen LogP contribution in [0.4, 0.5) is 10.1 Å². The van der Waals surface area contributed by atoms with E-state index >= 15 is 0 Å². The van der Waals surface area contributed by atoms with Crippen LogP contribution in [0.25, 0.3) is 0 Å².